The standard InChI is InChI=1S/C16H22ClNO4/c1-5-10(2)15(16(20)21-4)18-14(19)9-22-12-6-7-13(17)11(3)8-12/h6-8,10,15H,5,9H2,1-4H3,(H,18,19)/t10-,15+/m0/s1. The zero-order valence-electron chi connectivity index (χ0n) is 13.3. The Morgan fingerprint density at radius 3 is 2.59 bits per heavy atom. The van der Waals surface area contributed by atoms with Gasteiger partial charge in [-0.25, -0.2) is 4.79 Å². The Kier molecular flexibility index (Phi) is 7.18. The van der Waals surface area contributed by atoms with E-state index in [0.717, 1.165) is 12.0 Å². The molecule has 1 rings (SSSR count). The van der Waals surface area contributed by atoms with Crippen molar-refractivity contribution in [2.24, 2.45) is 5.92 Å². The Morgan fingerprint density at radius 1 is 1.36 bits per heavy atom. The van der Waals surface area contributed by atoms with E-state index in [9.17, 15) is 9.59 Å². The number of ether oxygens (including phenoxy) is 2. The highest BCUT2D eigenvalue weighted by atomic mass is 35.5. The van der Waals surface area contributed by atoms with E-state index in [4.69, 9.17) is 21.1 Å². The van der Waals surface area contributed by atoms with Crippen molar-refractivity contribution in [3.63, 3.8) is 0 Å². The number of carbonyl (C=O) groups excluding carboxylic acids is 2. The van der Waals surface area contributed by atoms with E-state index in [-0.39, 0.29) is 18.4 Å². The first-order valence-corrected chi connectivity index (χ1v) is 7.53. The van der Waals surface area contributed by atoms with Gasteiger partial charge in [-0.05, 0) is 36.6 Å². The van der Waals surface area contributed by atoms with Gasteiger partial charge in [-0.15, -0.1) is 0 Å². The minimum Gasteiger partial charge on any atom is -0.484 e. The van der Waals surface area contributed by atoms with E-state index in [1.54, 1.807) is 18.2 Å². The van der Waals surface area contributed by atoms with Crippen LogP contribution in [-0.2, 0) is 14.3 Å². The average Bonchev–Trinajstić information content (AvgIpc) is 2.52. The smallest absolute Gasteiger partial charge is 0.328 e. The van der Waals surface area contributed by atoms with Crippen LogP contribution in [0.1, 0.15) is 25.8 Å². The number of nitrogens with one attached hydrogen (secondary N) is 1. The van der Waals surface area contributed by atoms with Crippen molar-refractivity contribution in [3.8, 4) is 5.75 Å². The van der Waals surface area contributed by atoms with Crippen molar-refractivity contribution in [2.45, 2.75) is 33.2 Å². The fraction of sp³-hybridized carbons (Fsp3) is 0.500. The van der Waals surface area contributed by atoms with Crippen LogP contribution in [0.15, 0.2) is 18.2 Å². The molecule has 0 radical (unpaired) electrons. The fourth-order valence-electron chi connectivity index (χ4n) is 1.87. The summed E-state index contributed by atoms with van der Waals surface area (Å²) in [5.74, 6) is -0.294. The van der Waals surface area contributed by atoms with Crippen molar-refractivity contribution in [2.75, 3.05) is 13.7 Å². The molecule has 0 saturated heterocycles. The van der Waals surface area contributed by atoms with E-state index in [0.29, 0.717) is 10.8 Å². The van der Waals surface area contributed by atoms with Gasteiger partial charge in [0.15, 0.2) is 6.61 Å². The van der Waals surface area contributed by atoms with E-state index in [1.807, 2.05) is 20.8 Å². The molecule has 0 saturated carbocycles. The van der Waals surface area contributed by atoms with Crippen LogP contribution in [0.4, 0.5) is 0 Å². The molecule has 0 aliphatic heterocycles. The van der Waals surface area contributed by atoms with Gasteiger partial charge in [0.05, 0.1) is 7.11 Å². The molecule has 1 aromatic carbocycles. The number of rotatable bonds is 7. The van der Waals surface area contributed by atoms with Crippen molar-refractivity contribution < 1.29 is 19.1 Å². The predicted octanol–water partition coefficient (Wildman–Crippen LogP) is 2.73. The molecule has 6 heteroatoms. The third-order valence-corrected chi connectivity index (χ3v) is 3.91. The highest BCUT2D eigenvalue weighted by molar-refractivity contribution is 6.31. The number of aryl methyl sites for hydroxylation is 1. The first-order valence-electron chi connectivity index (χ1n) is 7.15. The van der Waals surface area contributed by atoms with Gasteiger partial charge in [-0.1, -0.05) is 31.9 Å². The summed E-state index contributed by atoms with van der Waals surface area (Å²) in [6.07, 6.45) is 0.747. The van der Waals surface area contributed by atoms with E-state index in [2.05, 4.69) is 5.32 Å². The zero-order valence-corrected chi connectivity index (χ0v) is 14.1. The maximum absolute atomic E-state index is 11.9. The minimum atomic E-state index is -0.668. The van der Waals surface area contributed by atoms with Crippen LogP contribution in [0.25, 0.3) is 0 Å². The molecule has 0 bridgehead atoms. The molecule has 0 spiro atoms. The highest BCUT2D eigenvalue weighted by Gasteiger charge is 2.26. The van der Waals surface area contributed by atoms with Gasteiger partial charge in [0.2, 0.25) is 0 Å². The van der Waals surface area contributed by atoms with Crippen LogP contribution < -0.4 is 10.1 Å². The molecule has 2 atom stereocenters. The van der Waals surface area contributed by atoms with Crippen LogP contribution in [0.2, 0.25) is 5.02 Å². The number of hydrogen-bond acceptors (Lipinski definition) is 4. The first-order chi connectivity index (χ1) is 10.4. The summed E-state index contributed by atoms with van der Waals surface area (Å²) in [6.45, 7) is 5.50. The molecular weight excluding hydrogens is 306 g/mol. The minimum absolute atomic E-state index is 0.0193. The zero-order chi connectivity index (χ0) is 16.7. The number of esters is 1. The number of benzene rings is 1. The van der Waals surface area contributed by atoms with Crippen molar-refractivity contribution in [1.29, 1.82) is 0 Å². The van der Waals surface area contributed by atoms with E-state index < -0.39 is 12.0 Å². The van der Waals surface area contributed by atoms with E-state index in [1.165, 1.54) is 7.11 Å². The van der Waals surface area contributed by atoms with Crippen LogP contribution in [-0.4, -0.2) is 31.6 Å². The number of amides is 1. The van der Waals surface area contributed by atoms with Gasteiger partial charge in [0, 0.05) is 5.02 Å². The van der Waals surface area contributed by atoms with Gasteiger partial charge < -0.3 is 14.8 Å². The lowest BCUT2D eigenvalue weighted by molar-refractivity contribution is -0.146. The fourth-order valence-corrected chi connectivity index (χ4v) is 1.98. The highest BCUT2D eigenvalue weighted by Crippen LogP contribution is 2.20. The summed E-state index contributed by atoms with van der Waals surface area (Å²) < 4.78 is 10.1. The van der Waals surface area contributed by atoms with Crippen molar-refractivity contribution >= 4 is 23.5 Å². The summed E-state index contributed by atoms with van der Waals surface area (Å²) in [5, 5.41) is 3.29. The quantitative estimate of drug-likeness (QED) is 0.782. The first kappa shape index (κ1) is 18.3. The summed E-state index contributed by atoms with van der Waals surface area (Å²) in [5.41, 5.74) is 0.867. The SMILES string of the molecule is CC[C@H](C)[C@@H](NC(=O)COc1ccc(Cl)c(C)c1)C(=O)OC. The molecule has 0 aliphatic rings. The second-order valence-electron chi connectivity index (χ2n) is 5.15. The third kappa shape index (κ3) is 5.22. The van der Waals surface area contributed by atoms with Gasteiger partial charge in [0.25, 0.3) is 5.91 Å². The molecule has 0 fully saturated rings. The Hall–Kier alpha value is -1.75. The Morgan fingerprint density at radius 2 is 2.05 bits per heavy atom. The second kappa shape index (κ2) is 8.63. The van der Waals surface area contributed by atoms with Crippen LogP contribution in [0.3, 0.4) is 0 Å². The van der Waals surface area contributed by atoms with Gasteiger partial charge >= 0.3 is 5.97 Å². The monoisotopic (exact) mass is 327 g/mol. The molecule has 0 aliphatic carbocycles. The van der Waals surface area contributed by atoms with Crippen LogP contribution in [0.5, 0.6) is 5.75 Å². The van der Waals surface area contributed by atoms with E-state index >= 15 is 0 Å². The summed E-state index contributed by atoms with van der Waals surface area (Å²) in [7, 11) is 1.30. The molecule has 22 heavy (non-hydrogen) atoms. The molecule has 0 unspecified atom stereocenters. The predicted molar refractivity (Wildman–Crippen MR) is 85.1 cm³/mol. The number of methoxy groups -OCH3 is 1. The molecule has 1 aromatic rings. The summed E-state index contributed by atoms with van der Waals surface area (Å²) in [6, 6.07) is 4.48. The summed E-state index contributed by atoms with van der Waals surface area (Å²) >= 11 is 5.93. The van der Waals surface area contributed by atoms with Crippen LogP contribution >= 0.6 is 11.6 Å². The Labute approximate surface area is 135 Å². The molecule has 1 N–H and O–H groups in total. The topological polar surface area (TPSA) is 64.6 Å². The maximum Gasteiger partial charge on any atom is 0.328 e. The molecule has 0 aromatic heterocycles. The Balaban J connectivity index is 2.60. The number of hydrogen-bond donors (Lipinski definition) is 1. The lowest BCUT2D eigenvalue weighted by Crippen LogP contribution is -2.47. The average molecular weight is 328 g/mol. The normalized spacial score (nSPS) is 13.1. The molecular formula is C16H22ClNO4. The molecule has 0 heterocycles. The number of carbonyl (C=O) groups is 2. The number of halogens is 1. The molecule has 122 valence electrons. The van der Waals surface area contributed by atoms with Crippen molar-refractivity contribution in [3.05, 3.63) is 28.8 Å². The molecule has 5 nitrogen and oxygen atoms in total. The maximum atomic E-state index is 11.9. The lowest BCUT2D eigenvalue weighted by Gasteiger charge is -2.21. The van der Waals surface area contributed by atoms with Gasteiger partial charge in [-0.2, -0.15) is 0 Å². The second-order valence-corrected chi connectivity index (χ2v) is 5.56. The lowest BCUT2D eigenvalue weighted by atomic mass is 9.99. The third-order valence-electron chi connectivity index (χ3n) is 3.48. The molecule has 1 amide bonds. The van der Waals surface area contributed by atoms with Crippen LogP contribution in [0, 0.1) is 12.8 Å². The largest absolute Gasteiger partial charge is 0.484 e. The Bertz CT molecular complexity index is 533. The van der Waals surface area contributed by atoms with Gasteiger partial charge in [0.1, 0.15) is 11.8 Å². The van der Waals surface area contributed by atoms with Crippen molar-refractivity contribution in [1.82, 2.24) is 5.32 Å². The van der Waals surface area contributed by atoms with Gasteiger partial charge in [-0.3, -0.25) is 4.79 Å². The summed E-state index contributed by atoms with van der Waals surface area (Å²) in [4.78, 5) is 23.7.